The van der Waals surface area contributed by atoms with Gasteiger partial charge in [0.2, 0.25) is 5.43 Å². The van der Waals surface area contributed by atoms with Crippen molar-refractivity contribution in [1.82, 2.24) is 14.8 Å². The normalized spacial score (nSPS) is 17.2. The Morgan fingerprint density at radius 3 is 2.58 bits per heavy atom. The van der Waals surface area contributed by atoms with E-state index in [1.165, 1.54) is 6.07 Å². The molecule has 2 aromatic carbocycles. The lowest BCUT2D eigenvalue weighted by Crippen LogP contribution is -2.47. The second-order valence-corrected chi connectivity index (χ2v) is 10.4. The van der Waals surface area contributed by atoms with E-state index in [0.29, 0.717) is 49.3 Å². The van der Waals surface area contributed by atoms with Crippen molar-refractivity contribution in [3.05, 3.63) is 74.8 Å². The van der Waals surface area contributed by atoms with Gasteiger partial charge in [-0.2, -0.15) is 5.26 Å². The summed E-state index contributed by atoms with van der Waals surface area (Å²) >= 11 is 5.96. The molecule has 0 unspecified atom stereocenters. The molecule has 8 nitrogen and oxygen atoms in total. The largest absolute Gasteiger partial charge is 0.491 e. The molecule has 0 radical (unpaired) electrons. The van der Waals surface area contributed by atoms with E-state index in [2.05, 4.69) is 10.2 Å². The number of piperidine rings is 1. The predicted octanol–water partition coefficient (Wildman–Crippen LogP) is 3.63. The molecule has 1 aliphatic carbocycles. The number of aliphatic hydroxyl groups excluding tert-OH is 1. The first-order chi connectivity index (χ1) is 18.3. The van der Waals surface area contributed by atoms with Crippen LogP contribution in [-0.4, -0.2) is 58.9 Å². The van der Waals surface area contributed by atoms with Crippen molar-refractivity contribution in [3.63, 3.8) is 0 Å². The number of amides is 1. The summed E-state index contributed by atoms with van der Waals surface area (Å²) in [5.74, 6) is -0.561. The standard InChI is InChI=1S/C28H28ClFN4O4/c29-24-12-26-22(11-25(24)30)27(36)23(15-34(26)19-3-4-19)28(37)32-18-7-9-33(10-8-18)14-20(35)16-38-21-5-1-17(13-31)2-6-21/h1-2,5-6,11-12,15,18-20,35H,3-4,7-10,14,16H2,(H,32,37)/t20-/m0/s1. The molecule has 1 saturated carbocycles. The molecule has 1 saturated heterocycles. The van der Waals surface area contributed by atoms with Gasteiger partial charge in [0.25, 0.3) is 5.91 Å². The molecule has 198 valence electrons. The van der Waals surface area contributed by atoms with Crippen LogP contribution >= 0.6 is 11.6 Å². The second-order valence-electron chi connectivity index (χ2n) is 9.94. The summed E-state index contributed by atoms with van der Waals surface area (Å²) in [4.78, 5) is 28.3. The van der Waals surface area contributed by atoms with Gasteiger partial charge in [-0.1, -0.05) is 11.6 Å². The Morgan fingerprint density at radius 2 is 1.92 bits per heavy atom. The van der Waals surface area contributed by atoms with Crippen LogP contribution in [0.1, 0.15) is 47.6 Å². The van der Waals surface area contributed by atoms with Gasteiger partial charge in [0.1, 0.15) is 29.8 Å². The van der Waals surface area contributed by atoms with Gasteiger partial charge in [0.15, 0.2) is 0 Å². The molecular formula is C28H28ClFN4O4. The molecule has 0 bridgehead atoms. The number of halogens is 2. The summed E-state index contributed by atoms with van der Waals surface area (Å²) in [5, 5.41) is 22.3. The average Bonchev–Trinajstić information content (AvgIpc) is 3.76. The van der Waals surface area contributed by atoms with Gasteiger partial charge in [0.05, 0.1) is 22.2 Å². The molecular weight excluding hydrogens is 511 g/mol. The fraction of sp³-hybridized carbons (Fsp3) is 0.393. The van der Waals surface area contributed by atoms with E-state index in [1.54, 1.807) is 30.5 Å². The van der Waals surface area contributed by atoms with Crippen molar-refractivity contribution in [3.8, 4) is 11.8 Å². The van der Waals surface area contributed by atoms with Gasteiger partial charge >= 0.3 is 0 Å². The number of β-amino-alcohol motifs (C(OH)–C–C–N with tert-alkyl or cyclic N) is 1. The summed E-state index contributed by atoms with van der Waals surface area (Å²) in [6.45, 7) is 1.91. The van der Waals surface area contributed by atoms with E-state index in [4.69, 9.17) is 21.6 Å². The lowest BCUT2D eigenvalue weighted by molar-refractivity contribution is 0.0567. The highest BCUT2D eigenvalue weighted by molar-refractivity contribution is 6.31. The first-order valence-electron chi connectivity index (χ1n) is 12.7. The van der Waals surface area contributed by atoms with Crippen LogP contribution < -0.4 is 15.5 Å². The van der Waals surface area contributed by atoms with Gasteiger partial charge in [-0.05, 0) is 62.1 Å². The molecule has 1 aliphatic heterocycles. The Kier molecular flexibility index (Phi) is 7.65. The molecule has 5 rings (SSSR count). The minimum absolute atomic E-state index is 0.00363. The maximum Gasteiger partial charge on any atom is 0.256 e. The third-order valence-electron chi connectivity index (χ3n) is 7.08. The molecule has 2 N–H and O–H groups in total. The second kappa shape index (κ2) is 11.1. The number of ether oxygens (including phenoxy) is 1. The van der Waals surface area contributed by atoms with Crippen molar-refractivity contribution >= 4 is 28.4 Å². The van der Waals surface area contributed by atoms with Gasteiger partial charge in [-0.3, -0.25) is 9.59 Å². The van der Waals surface area contributed by atoms with Crippen LogP contribution in [0.25, 0.3) is 10.9 Å². The molecule has 2 fully saturated rings. The third kappa shape index (κ3) is 5.83. The van der Waals surface area contributed by atoms with Crippen LogP contribution in [0.4, 0.5) is 4.39 Å². The van der Waals surface area contributed by atoms with Gasteiger partial charge in [-0.15, -0.1) is 0 Å². The summed E-state index contributed by atoms with van der Waals surface area (Å²) in [6, 6.07) is 11.4. The van der Waals surface area contributed by atoms with Crippen molar-refractivity contribution in [1.29, 1.82) is 5.26 Å². The highest BCUT2D eigenvalue weighted by Gasteiger charge is 2.29. The molecule has 10 heteroatoms. The highest BCUT2D eigenvalue weighted by Crippen LogP contribution is 2.37. The number of aromatic nitrogens is 1. The Balaban J connectivity index is 1.16. The highest BCUT2D eigenvalue weighted by atomic mass is 35.5. The Bertz CT molecular complexity index is 1440. The Hall–Kier alpha value is -3.45. The fourth-order valence-electron chi connectivity index (χ4n) is 4.85. The molecule has 1 amide bonds. The fourth-order valence-corrected chi connectivity index (χ4v) is 5.01. The van der Waals surface area contributed by atoms with Crippen molar-refractivity contribution in [2.75, 3.05) is 26.2 Å². The number of pyridine rings is 1. The van der Waals surface area contributed by atoms with Crippen LogP contribution in [0, 0.1) is 17.1 Å². The number of aliphatic hydroxyl groups is 1. The number of hydrogen-bond acceptors (Lipinski definition) is 6. The van der Waals surface area contributed by atoms with Crippen LogP contribution in [0.5, 0.6) is 5.75 Å². The Labute approximate surface area is 224 Å². The average molecular weight is 539 g/mol. The molecule has 2 aliphatic rings. The van der Waals surface area contributed by atoms with E-state index in [1.807, 2.05) is 10.6 Å². The summed E-state index contributed by atoms with van der Waals surface area (Å²) in [6.07, 6.45) is 4.08. The van der Waals surface area contributed by atoms with E-state index in [-0.39, 0.29) is 34.7 Å². The number of carbonyl (C=O) groups excluding carboxylic acids is 1. The molecule has 1 aromatic heterocycles. The number of rotatable bonds is 8. The van der Waals surface area contributed by atoms with Gasteiger partial charge < -0.3 is 24.6 Å². The van der Waals surface area contributed by atoms with Gasteiger partial charge in [-0.25, -0.2) is 4.39 Å². The zero-order valence-electron chi connectivity index (χ0n) is 20.7. The smallest absolute Gasteiger partial charge is 0.256 e. The number of hydrogen-bond donors (Lipinski definition) is 2. The van der Waals surface area contributed by atoms with Crippen LogP contribution in [-0.2, 0) is 0 Å². The Morgan fingerprint density at radius 1 is 1.21 bits per heavy atom. The number of nitrogens with zero attached hydrogens (tertiary/aromatic N) is 3. The lowest BCUT2D eigenvalue weighted by atomic mass is 10.0. The van der Waals surface area contributed by atoms with E-state index < -0.39 is 23.3 Å². The molecule has 3 aromatic rings. The third-order valence-corrected chi connectivity index (χ3v) is 7.37. The van der Waals surface area contributed by atoms with E-state index >= 15 is 0 Å². The number of likely N-dealkylation sites (tertiary alicyclic amines) is 1. The minimum atomic E-state index is -0.691. The lowest BCUT2D eigenvalue weighted by Gasteiger charge is -2.33. The van der Waals surface area contributed by atoms with Gasteiger partial charge in [0, 0.05) is 43.3 Å². The van der Waals surface area contributed by atoms with Crippen LogP contribution in [0.2, 0.25) is 5.02 Å². The van der Waals surface area contributed by atoms with E-state index in [9.17, 15) is 19.1 Å². The maximum absolute atomic E-state index is 14.2. The SMILES string of the molecule is N#Cc1ccc(OC[C@@H](O)CN2CCC(NC(=O)c3cn(C4CC4)c4cc(Cl)c(F)cc4c3=O)CC2)cc1. The minimum Gasteiger partial charge on any atom is -0.491 e. The monoisotopic (exact) mass is 538 g/mol. The summed E-state index contributed by atoms with van der Waals surface area (Å²) < 4.78 is 21.6. The molecule has 0 spiro atoms. The quantitative estimate of drug-likeness (QED) is 0.453. The number of nitrogens with one attached hydrogen (secondary N) is 1. The molecule has 1 atom stereocenters. The summed E-state index contributed by atoms with van der Waals surface area (Å²) in [5.41, 5.74) is 0.577. The van der Waals surface area contributed by atoms with Crippen LogP contribution in [0.15, 0.2) is 47.4 Å². The first-order valence-corrected chi connectivity index (χ1v) is 13.1. The van der Waals surface area contributed by atoms with E-state index in [0.717, 1.165) is 18.9 Å². The topological polar surface area (TPSA) is 108 Å². The number of fused-ring (bicyclic) bond motifs is 1. The molecule has 2 heterocycles. The first kappa shape index (κ1) is 26.2. The number of benzene rings is 2. The summed E-state index contributed by atoms with van der Waals surface area (Å²) in [7, 11) is 0. The number of carbonyl (C=O) groups is 1. The zero-order chi connectivity index (χ0) is 26.8. The van der Waals surface area contributed by atoms with Crippen molar-refractivity contribution in [2.45, 2.75) is 43.9 Å². The molecule has 38 heavy (non-hydrogen) atoms. The zero-order valence-corrected chi connectivity index (χ0v) is 21.5. The number of nitriles is 1. The van der Waals surface area contributed by atoms with Crippen molar-refractivity contribution < 1.29 is 19.0 Å². The van der Waals surface area contributed by atoms with Crippen LogP contribution in [0.3, 0.4) is 0 Å². The maximum atomic E-state index is 14.2. The predicted molar refractivity (Wildman–Crippen MR) is 141 cm³/mol. The van der Waals surface area contributed by atoms with Crippen molar-refractivity contribution in [2.24, 2.45) is 0 Å².